The molecule has 0 saturated heterocycles. The summed E-state index contributed by atoms with van der Waals surface area (Å²) in [5.74, 6) is -1.11. The number of nitrogens with zero attached hydrogens (tertiary/aromatic N) is 3. The predicted octanol–water partition coefficient (Wildman–Crippen LogP) is 2.25. The van der Waals surface area contributed by atoms with Crippen molar-refractivity contribution in [3.8, 4) is 0 Å². The first-order valence-corrected chi connectivity index (χ1v) is 10.1. The normalized spacial score (nSPS) is 11.9. The zero-order valence-corrected chi connectivity index (χ0v) is 17.6. The topological polar surface area (TPSA) is 129 Å². The van der Waals surface area contributed by atoms with E-state index in [0.29, 0.717) is 22.0 Å². The zero-order valence-electron chi connectivity index (χ0n) is 17.6. The Hall–Kier alpha value is -4.66. The van der Waals surface area contributed by atoms with Gasteiger partial charge in [0.2, 0.25) is 0 Å². The van der Waals surface area contributed by atoms with Crippen LogP contribution in [-0.4, -0.2) is 33.2 Å². The van der Waals surface area contributed by atoms with E-state index in [-0.39, 0.29) is 5.69 Å². The van der Waals surface area contributed by atoms with Gasteiger partial charge in [0.1, 0.15) is 5.69 Å². The fourth-order valence-electron chi connectivity index (χ4n) is 3.28. The van der Waals surface area contributed by atoms with E-state index >= 15 is 0 Å². The molecule has 4 aromatic rings. The lowest BCUT2D eigenvalue weighted by molar-refractivity contribution is -0.123. The second-order valence-corrected chi connectivity index (χ2v) is 7.19. The lowest BCUT2D eigenvalue weighted by Gasteiger charge is -2.18. The number of hydrazone groups is 1. The third kappa shape index (κ3) is 4.99. The number of hydrogen-bond acceptors (Lipinski definition) is 6. The van der Waals surface area contributed by atoms with Crippen LogP contribution in [0.15, 0.2) is 82.7 Å². The highest BCUT2D eigenvalue weighted by molar-refractivity contribution is 5.99. The number of aryl methyl sites for hydroxylation is 1. The molecule has 0 saturated carbocycles. The number of H-pyrrole nitrogens is 1. The van der Waals surface area contributed by atoms with Crippen LogP contribution in [0.1, 0.15) is 33.5 Å². The predicted molar refractivity (Wildman–Crippen MR) is 124 cm³/mol. The van der Waals surface area contributed by atoms with Crippen LogP contribution in [0.2, 0.25) is 0 Å². The quantitative estimate of drug-likeness (QED) is 0.313. The minimum Gasteiger partial charge on any atom is -0.335 e. The molecule has 33 heavy (non-hydrogen) atoms. The van der Waals surface area contributed by atoms with E-state index in [4.69, 9.17) is 0 Å². The van der Waals surface area contributed by atoms with Gasteiger partial charge in [-0.2, -0.15) is 10.2 Å². The van der Waals surface area contributed by atoms with E-state index in [2.05, 4.69) is 31.0 Å². The Labute approximate surface area is 188 Å². The van der Waals surface area contributed by atoms with Crippen LogP contribution in [0, 0.1) is 6.92 Å². The number of hydrogen-bond donors (Lipinski definition) is 3. The molecule has 2 aromatic carbocycles. The average molecular weight is 440 g/mol. The van der Waals surface area contributed by atoms with Gasteiger partial charge in [-0.15, -0.1) is 0 Å². The van der Waals surface area contributed by atoms with Gasteiger partial charge < -0.3 is 5.32 Å². The zero-order chi connectivity index (χ0) is 23.2. The molecule has 3 N–H and O–H groups in total. The van der Waals surface area contributed by atoms with E-state index in [1.54, 1.807) is 60.7 Å². The van der Waals surface area contributed by atoms with Crippen molar-refractivity contribution < 1.29 is 9.59 Å². The molecule has 1 atom stereocenters. The van der Waals surface area contributed by atoms with Gasteiger partial charge in [0.05, 0.1) is 17.3 Å². The van der Waals surface area contributed by atoms with Gasteiger partial charge in [0, 0.05) is 16.6 Å². The minimum atomic E-state index is -1.22. The summed E-state index contributed by atoms with van der Waals surface area (Å²) in [6, 6.07) is 19.4. The Morgan fingerprint density at radius 2 is 1.70 bits per heavy atom. The molecule has 2 aromatic heterocycles. The largest absolute Gasteiger partial charge is 0.335 e. The maximum Gasteiger partial charge on any atom is 0.272 e. The fourth-order valence-corrected chi connectivity index (χ4v) is 3.28. The van der Waals surface area contributed by atoms with Crippen LogP contribution in [0.25, 0.3) is 10.8 Å². The van der Waals surface area contributed by atoms with Crippen LogP contribution in [0.4, 0.5) is 0 Å². The second kappa shape index (κ2) is 9.65. The number of aromatic nitrogens is 3. The summed E-state index contributed by atoms with van der Waals surface area (Å²) in [6.07, 6.45) is 1.40. The molecule has 9 nitrogen and oxygen atoms in total. The second-order valence-electron chi connectivity index (χ2n) is 7.19. The van der Waals surface area contributed by atoms with E-state index in [0.717, 1.165) is 5.69 Å². The average Bonchev–Trinajstić information content (AvgIpc) is 2.84. The summed E-state index contributed by atoms with van der Waals surface area (Å²) < 4.78 is 0. The molecule has 0 bridgehead atoms. The van der Waals surface area contributed by atoms with Crippen molar-refractivity contribution in [2.24, 2.45) is 5.10 Å². The number of carbonyl (C=O) groups is 2. The van der Waals surface area contributed by atoms with Crippen molar-refractivity contribution >= 4 is 28.8 Å². The van der Waals surface area contributed by atoms with Gasteiger partial charge >= 0.3 is 0 Å². The van der Waals surface area contributed by atoms with Crippen LogP contribution >= 0.6 is 0 Å². The molecule has 0 spiro atoms. The van der Waals surface area contributed by atoms with Crippen LogP contribution in [-0.2, 0) is 4.79 Å². The molecule has 4 rings (SSSR count). The van der Waals surface area contributed by atoms with Crippen LogP contribution < -0.4 is 16.3 Å². The summed E-state index contributed by atoms with van der Waals surface area (Å²) in [5.41, 5.74) is 3.96. The number of pyridine rings is 1. The number of aromatic amines is 1. The van der Waals surface area contributed by atoms with E-state index in [1.165, 1.54) is 6.21 Å². The lowest BCUT2D eigenvalue weighted by atomic mass is 10.0. The monoisotopic (exact) mass is 440 g/mol. The summed E-state index contributed by atoms with van der Waals surface area (Å²) in [4.78, 5) is 42.4. The van der Waals surface area contributed by atoms with Crippen molar-refractivity contribution in [2.75, 3.05) is 0 Å². The highest BCUT2D eigenvalue weighted by Gasteiger charge is 2.27. The summed E-state index contributed by atoms with van der Waals surface area (Å²) >= 11 is 0. The number of amides is 2. The molecule has 2 heterocycles. The van der Waals surface area contributed by atoms with E-state index < -0.39 is 23.4 Å². The Balaban J connectivity index is 1.67. The third-order valence-electron chi connectivity index (χ3n) is 4.85. The van der Waals surface area contributed by atoms with Crippen LogP contribution in [0.5, 0.6) is 0 Å². The highest BCUT2D eigenvalue weighted by atomic mass is 16.2. The minimum absolute atomic E-state index is 0.191. The van der Waals surface area contributed by atoms with Crippen molar-refractivity contribution in [2.45, 2.75) is 13.0 Å². The van der Waals surface area contributed by atoms with Gasteiger partial charge in [-0.3, -0.25) is 19.4 Å². The standard InChI is InChI=1S/C24H20N6O3/c1-15-8-7-11-17(26-15)14-25-29-24(33)21(27-22(31)16-9-3-2-4-10-16)20-18-12-5-6-13-19(18)23(32)30-28-20/h2-14,21H,1H3,(H,27,31)(H,29,33)(H,30,32)/b25-14-/t21-/m0/s1. The molecule has 0 aliphatic carbocycles. The number of benzene rings is 2. The highest BCUT2D eigenvalue weighted by Crippen LogP contribution is 2.20. The van der Waals surface area contributed by atoms with Crippen molar-refractivity contribution in [1.29, 1.82) is 0 Å². The Bertz CT molecular complexity index is 1400. The smallest absolute Gasteiger partial charge is 0.272 e. The first kappa shape index (κ1) is 21.6. The lowest BCUT2D eigenvalue weighted by Crippen LogP contribution is -2.40. The fraction of sp³-hybridized carbons (Fsp3) is 0.0833. The van der Waals surface area contributed by atoms with Gasteiger partial charge in [-0.25, -0.2) is 10.5 Å². The van der Waals surface area contributed by atoms with Gasteiger partial charge in [0.25, 0.3) is 17.4 Å². The maximum atomic E-state index is 13.1. The first-order valence-electron chi connectivity index (χ1n) is 10.1. The van der Waals surface area contributed by atoms with Gasteiger partial charge in [0.15, 0.2) is 6.04 Å². The molecule has 0 fully saturated rings. The van der Waals surface area contributed by atoms with Crippen molar-refractivity contribution in [3.63, 3.8) is 0 Å². The molecule has 164 valence electrons. The number of fused-ring (bicyclic) bond motifs is 1. The van der Waals surface area contributed by atoms with E-state index in [1.807, 2.05) is 19.1 Å². The molecule has 0 unspecified atom stereocenters. The van der Waals surface area contributed by atoms with Gasteiger partial charge in [-0.1, -0.05) is 42.5 Å². The maximum absolute atomic E-state index is 13.1. The third-order valence-corrected chi connectivity index (χ3v) is 4.85. The molecule has 0 radical (unpaired) electrons. The number of carbonyl (C=O) groups excluding carboxylic acids is 2. The summed E-state index contributed by atoms with van der Waals surface area (Å²) in [5, 5.41) is 13.9. The SMILES string of the molecule is Cc1cccc(/C=N\NC(=O)[C@@H](NC(=O)c2ccccc2)c2n[nH]c(=O)c3ccccc23)n1. The molecule has 0 aliphatic rings. The Morgan fingerprint density at radius 1 is 0.970 bits per heavy atom. The van der Waals surface area contributed by atoms with Crippen molar-refractivity contribution in [1.82, 2.24) is 25.9 Å². The molecular weight excluding hydrogens is 420 g/mol. The van der Waals surface area contributed by atoms with Crippen molar-refractivity contribution in [3.05, 3.63) is 106 Å². The molecule has 0 aliphatic heterocycles. The Morgan fingerprint density at radius 3 is 2.45 bits per heavy atom. The Kier molecular flexibility index (Phi) is 6.31. The van der Waals surface area contributed by atoms with Gasteiger partial charge in [-0.05, 0) is 37.3 Å². The first-order chi connectivity index (χ1) is 16.0. The summed E-state index contributed by atoms with van der Waals surface area (Å²) in [7, 11) is 0. The van der Waals surface area contributed by atoms with E-state index in [9.17, 15) is 14.4 Å². The molecular formula is C24H20N6O3. The number of rotatable bonds is 6. The number of nitrogens with one attached hydrogen (secondary N) is 3. The molecule has 2 amide bonds. The summed E-state index contributed by atoms with van der Waals surface area (Å²) in [6.45, 7) is 1.85. The van der Waals surface area contributed by atoms with Crippen LogP contribution in [0.3, 0.4) is 0 Å². The molecule has 9 heteroatoms.